The fraction of sp³-hybridized carbons (Fsp3) is 1.00. The van der Waals surface area contributed by atoms with Crippen LogP contribution in [0.5, 0.6) is 0 Å². The van der Waals surface area contributed by atoms with Crippen LogP contribution in [0.15, 0.2) is 0 Å². The molecule has 0 aromatic carbocycles. The Labute approximate surface area is 61.6 Å². The van der Waals surface area contributed by atoms with Crippen molar-refractivity contribution in [3.63, 3.8) is 0 Å². The molecule has 0 unspecified atom stereocenters. The molecule has 3 nitrogen and oxygen atoms in total. The van der Waals surface area contributed by atoms with E-state index in [1.807, 2.05) is 0 Å². The summed E-state index contributed by atoms with van der Waals surface area (Å²) in [6.45, 7) is 2.43. The second-order valence-corrected chi connectivity index (χ2v) is 3.01. The third kappa shape index (κ3) is 2.64. The Morgan fingerprint density at radius 1 is 1.40 bits per heavy atom. The second-order valence-electron chi connectivity index (χ2n) is 3.01. The van der Waals surface area contributed by atoms with Crippen LogP contribution in [0.3, 0.4) is 0 Å². The van der Waals surface area contributed by atoms with Crippen molar-refractivity contribution in [2.75, 3.05) is 19.6 Å². The van der Waals surface area contributed by atoms with Crippen LogP contribution < -0.4 is 11.1 Å². The zero-order chi connectivity index (χ0) is 7.45. The van der Waals surface area contributed by atoms with Crippen molar-refractivity contribution in [1.82, 2.24) is 5.32 Å². The van der Waals surface area contributed by atoms with Crippen LogP contribution in [0.1, 0.15) is 19.3 Å². The van der Waals surface area contributed by atoms with Crippen molar-refractivity contribution >= 4 is 0 Å². The Balaban J connectivity index is 1.86. The van der Waals surface area contributed by atoms with E-state index >= 15 is 0 Å². The van der Waals surface area contributed by atoms with E-state index in [0.717, 1.165) is 32.4 Å². The molecule has 0 saturated heterocycles. The second kappa shape index (κ2) is 3.32. The summed E-state index contributed by atoms with van der Waals surface area (Å²) in [5, 5.41) is 12.5. The highest BCUT2D eigenvalue weighted by atomic mass is 16.3. The highest BCUT2D eigenvalue weighted by molar-refractivity contribution is 4.93. The van der Waals surface area contributed by atoms with Crippen LogP contribution in [0, 0.1) is 0 Å². The maximum absolute atomic E-state index is 9.36. The summed E-state index contributed by atoms with van der Waals surface area (Å²) in [5.74, 6) is 0. The predicted molar refractivity (Wildman–Crippen MR) is 40.7 cm³/mol. The van der Waals surface area contributed by atoms with E-state index in [1.165, 1.54) is 0 Å². The molecule has 3 heteroatoms. The summed E-state index contributed by atoms with van der Waals surface area (Å²) in [4.78, 5) is 0. The molecule has 1 fully saturated rings. The summed E-state index contributed by atoms with van der Waals surface area (Å²) in [6, 6.07) is 0. The zero-order valence-electron chi connectivity index (χ0n) is 6.27. The summed E-state index contributed by atoms with van der Waals surface area (Å²) >= 11 is 0. The molecular formula is C7H16N2O. The van der Waals surface area contributed by atoms with Gasteiger partial charge in [-0.15, -0.1) is 0 Å². The molecule has 0 aromatic rings. The highest BCUT2D eigenvalue weighted by Crippen LogP contribution is 2.37. The van der Waals surface area contributed by atoms with Gasteiger partial charge in [0.25, 0.3) is 0 Å². The highest BCUT2D eigenvalue weighted by Gasteiger charge is 2.39. The van der Waals surface area contributed by atoms with E-state index < -0.39 is 0 Å². The summed E-state index contributed by atoms with van der Waals surface area (Å²) in [7, 11) is 0. The van der Waals surface area contributed by atoms with Gasteiger partial charge in [-0.05, 0) is 25.8 Å². The standard InChI is InChI=1S/C7H16N2O/c8-4-6-9-5-3-7(10)1-2-7/h9-10H,1-6,8H2. The number of aliphatic hydroxyl groups is 1. The van der Waals surface area contributed by atoms with Gasteiger partial charge in [0.05, 0.1) is 5.60 Å². The molecule has 0 heterocycles. The van der Waals surface area contributed by atoms with Crippen LogP contribution in [-0.4, -0.2) is 30.3 Å². The van der Waals surface area contributed by atoms with Gasteiger partial charge in [0, 0.05) is 13.1 Å². The van der Waals surface area contributed by atoms with Crippen molar-refractivity contribution in [2.45, 2.75) is 24.9 Å². The predicted octanol–water partition coefficient (Wildman–Crippen LogP) is -0.550. The summed E-state index contributed by atoms with van der Waals surface area (Å²) < 4.78 is 0. The minimum absolute atomic E-state index is 0.304. The SMILES string of the molecule is NCCNCCC1(O)CC1. The molecular weight excluding hydrogens is 128 g/mol. The van der Waals surface area contributed by atoms with Crippen molar-refractivity contribution in [3.8, 4) is 0 Å². The molecule has 0 atom stereocenters. The van der Waals surface area contributed by atoms with Gasteiger partial charge in [0.2, 0.25) is 0 Å². The fourth-order valence-electron chi connectivity index (χ4n) is 0.942. The van der Waals surface area contributed by atoms with Crippen LogP contribution in [-0.2, 0) is 0 Å². The molecule has 1 aliphatic carbocycles. The summed E-state index contributed by atoms with van der Waals surface area (Å²) in [6.07, 6.45) is 2.85. The zero-order valence-corrected chi connectivity index (χ0v) is 6.27. The maximum Gasteiger partial charge on any atom is 0.0662 e. The third-order valence-electron chi connectivity index (χ3n) is 1.92. The van der Waals surface area contributed by atoms with Crippen molar-refractivity contribution in [2.24, 2.45) is 5.73 Å². The largest absolute Gasteiger partial charge is 0.390 e. The van der Waals surface area contributed by atoms with Crippen molar-refractivity contribution in [3.05, 3.63) is 0 Å². The molecule has 4 N–H and O–H groups in total. The average molecular weight is 144 g/mol. The molecule has 0 aliphatic heterocycles. The Bertz CT molecular complexity index is 102. The van der Waals surface area contributed by atoms with Crippen LogP contribution in [0.4, 0.5) is 0 Å². The Hall–Kier alpha value is -0.120. The molecule has 0 radical (unpaired) electrons. The van der Waals surface area contributed by atoms with Crippen molar-refractivity contribution in [1.29, 1.82) is 0 Å². The maximum atomic E-state index is 9.36. The number of nitrogens with one attached hydrogen (secondary N) is 1. The average Bonchev–Trinajstić information content (AvgIpc) is 2.62. The quantitative estimate of drug-likeness (QED) is 0.454. The van der Waals surface area contributed by atoms with Gasteiger partial charge in [-0.2, -0.15) is 0 Å². The van der Waals surface area contributed by atoms with E-state index in [-0.39, 0.29) is 5.60 Å². The smallest absolute Gasteiger partial charge is 0.0662 e. The Kier molecular flexibility index (Phi) is 2.65. The first-order valence-electron chi connectivity index (χ1n) is 3.90. The number of hydrogen-bond acceptors (Lipinski definition) is 3. The first-order valence-corrected chi connectivity index (χ1v) is 3.90. The lowest BCUT2D eigenvalue weighted by Gasteiger charge is -2.06. The molecule has 0 spiro atoms. The van der Waals surface area contributed by atoms with E-state index in [9.17, 15) is 5.11 Å². The minimum Gasteiger partial charge on any atom is -0.390 e. The van der Waals surface area contributed by atoms with Gasteiger partial charge in [0.15, 0.2) is 0 Å². The fourth-order valence-corrected chi connectivity index (χ4v) is 0.942. The lowest BCUT2D eigenvalue weighted by molar-refractivity contribution is 0.140. The van der Waals surface area contributed by atoms with E-state index in [1.54, 1.807) is 0 Å². The topological polar surface area (TPSA) is 58.3 Å². The minimum atomic E-state index is -0.304. The van der Waals surface area contributed by atoms with Crippen LogP contribution >= 0.6 is 0 Å². The number of nitrogens with two attached hydrogens (primary N) is 1. The van der Waals surface area contributed by atoms with Gasteiger partial charge in [-0.25, -0.2) is 0 Å². The molecule has 60 valence electrons. The van der Waals surface area contributed by atoms with E-state index in [2.05, 4.69) is 5.32 Å². The molecule has 0 aromatic heterocycles. The number of rotatable bonds is 5. The third-order valence-corrected chi connectivity index (χ3v) is 1.92. The van der Waals surface area contributed by atoms with Gasteiger partial charge in [0.1, 0.15) is 0 Å². The van der Waals surface area contributed by atoms with Crippen LogP contribution in [0.2, 0.25) is 0 Å². The lowest BCUT2D eigenvalue weighted by Crippen LogP contribution is -2.26. The van der Waals surface area contributed by atoms with E-state index in [0.29, 0.717) is 6.54 Å². The molecule has 1 aliphatic rings. The van der Waals surface area contributed by atoms with Crippen LogP contribution in [0.25, 0.3) is 0 Å². The summed E-state index contributed by atoms with van der Waals surface area (Å²) in [5.41, 5.74) is 4.96. The normalized spacial score (nSPS) is 21.0. The molecule has 10 heavy (non-hydrogen) atoms. The van der Waals surface area contributed by atoms with Gasteiger partial charge in [-0.3, -0.25) is 0 Å². The number of hydrogen-bond donors (Lipinski definition) is 3. The monoisotopic (exact) mass is 144 g/mol. The molecule has 0 bridgehead atoms. The molecule has 1 rings (SSSR count). The lowest BCUT2D eigenvalue weighted by atomic mass is 10.2. The van der Waals surface area contributed by atoms with Gasteiger partial charge >= 0.3 is 0 Å². The first kappa shape index (κ1) is 7.98. The van der Waals surface area contributed by atoms with Gasteiger partial charge in [-0.1, -0.05) is 0 Å². The Morgan fingerprint density at radius 2 is 2.10 bits per heavy atom. The van der Waals surface area contributed by atoms with Gasteiger partial charge < -0.3 is 16.2 Å². The van der Waals surface area contributed by atoms with Crippen molar-refractivity contribution < 1.29 is 5.11 Å². The van der Waals surface area contributed by atoms with E-state index in [4.69, 9.17) is 5.73 Å². The molecule has 1 saturated carbocycles. The Morgan fingerprint density at radius 3 is 2.60 bits per heavy atom. The molecule has 0 amide bonds. The first-order chi connectivity index (χ1) is 4.77.